The van der Waals surface area contributed by atoms with Gasteiger partial charge in [0.15, 0.2) is 0 Å². The van der Waals surface area contributed by atoms with Gasteiger partial charge in [0.2, 0.25) is 0 Å². The Bertz CT molecular complexity index is 165. The number of hydrogen-bond donors (Lipinski definition) is 0. The third kappa shape index (κ3) is 2.28. The van der Waals surface area contributed by atoms with Gasteiger partial charge in [-0.25, -0.2) is 0 Å². The molecule has 1 nitrogen and oxygen atoms in total. The van der Waals surface area contributed by atoms with Crippen molar-refractivity contribution in [2.75, 3.05) is 0 Å². The van der Waals surface area contributed by atoms with Crippen LogP contribution >= 0.6 is 0 Å². The van der Waals surface area contributed by atoms with Gasteiger partial charge in [0.1, 0.15) is 0 Å². The van der Waals surface area contributed by atoms with Crippen molar-refractivity contribution in [1.82, 2.24) is 0 Å². The van der Waals surface area contributed by atoms with Crippen molar-refractivity contribution in [2.24, 2.45) is 0 Å². The minimum absolute atomic E-state index is 0. The van der Waals surface area contributed by atoms with E-state index in [0.717, 1.165) is 0 Å². The third-order valence-corrected chi connectivity index (χ3v) is 3.74. The van der Waals surface area contributed by atoms with E-state index >= 15 is 0 Å². The van der Waals surface area contributed by atoms with E-state index in [-0.39, 0.29) is 31.1 Å². The number of rotatable bonds is 0. The van der Waals surface area contributed by atoms with Gasteiger partial charge in [-0.2, -0.15) is 0 Å². The zero-order valence-corrected chi connectivity index (χ0v) is 13.7. The van der Waals surface area contributed by atoms with E-state index in [4.69, 9.17) is 5.32 Å². The quantitative estimate of drug-likeness (QED) is 0.445. The van der Waals surface area contributed by atoms with Crippen LogP contribution in [0.25, 0.3) is 5.32 Å². The molecule has 0 bridgehead atoms. The second-order valence-corrected chi connectivity index (χ2v) is 5.13. The summed E-state index contributed by atoms with van der Waals surface area (Å²) < 4.78 is 1.48. The van der Waals surface area contributed by atoms with Gasteiger partial charge in [0, 0.05) is 31.1 Å². The van der Waals surface area contributed by atoms with Crippen LogP contribution in [-0.2, 0) is 19.4 Å². The molecule has 0 N–H and O–H groups in total. The molecular formula is C8H12NUW-. The number of hydrogen-bond acceptors (Lipinski definition) is 0. The Morgan fingerprint density at radius 1 is 1.18 bits per heavy atom. The first-order valence-corrected chi connectivity index (χ1v) is 5.53. The predicted molar refractivity (Wildman–Crippen MR) is 38.8 cm³/mol. The van der Waals surface area contributed by atoms with Crippen molar-refractivity contribution < 1.29 is 50.5 Å². The fourth-order valence-corrected chi connectivity index (χ4v) is 3.11. The van der Waals surface area contributed by atoms with Crippen molar-refractivity contribution in [3.05, 3.63) is 5.32 Å². The van der Waals surface area contributed by atoms with E-state index in [2.05, 4.69) is 0 Å². The maximum absolute atomic E-state index is 4.77. The van der Waals surface area contributed by atoms with Gasteiger partial charge >= 0.3 is 72.8 Å². The van der Waals surface area contributed by atoms with E-state index in [9.17, 15) is 0 Å². The summed E-state index contributed by atoms with van der Waals surface area (Å²) in [4.78, 5) is 0. The summed E-state index contributed by atoms with van der Waals surface area (Å²) in [5.41, 5.74) is 0.481. The van der Waals surface area contributed by atoms with Crippen molar-refractivity contribution >= 4 is 4.02 Å². The van der Waals surface area contributed by atoms with Gasteiger partial charge in [-0.3, -0.25) is 0 Å². The summed E-state index contributed by atoms with van der Waals surface area (Å²) in [7, 11) is 0. The molecule has 0 amide bonds. The molecule has 0 atom stereocenters. The van der Waals surface area contributed by atoms with Crippen LogP contribution in [0.4, 0.5) is 0 Å². The Kier molecular flexibility index (Phi) is 4.05. The van der Waals surface area contributed by atoms with Gasteiger partial charge in [-0.05, 0) is 0 Å². The zero-order chi connectivity index (χ0) is 7.03. The van der Waals surface area contributed by atoms with Crippen LogP contribution in [0.5, 0.6) is 0 Å². The van der Waals surface area contributed by atoms with Crippen LogP contribution in [0.15, 0.2) is 0 Å². The van der Waals surface area contributed by atoms with E-state index in [0.29, 0.717) is 5.54 Å². The minimum atomic E-state index is 0. The van der Waals surface area contributed by atoms with Gasteiger partial charge < -0.3 is 0 Å². The first kappa shape index (κ1) is 10.6. The molecule has 1 spiro atoms. The zero-order valence-electron chi connectivity index (χ0n) is 6.60. The van der Waals surface area contributed by atoms with Crippen molar-refractivity contribution in [3.63, 3.8) is 0 Å². The van der Waals surface area contributed by atoms with Gasteiger partial charge in [-0.1, -0.05) is 0 Å². The summed E-state index contributed by atoms with van der Waals surface area (Å²) in [6.45, 7) is 0. The fourth-order valence-electron chi connectivity index (χ4n) is 1.89. The second-order valence-electron chi connectivity index (χ2n) is 3.44. The molecule has 2 rings (SSSR count). The molecular weight excluding hydrogens is 532 g/mol. The van der Waals surface area contributed by atoms with Crippen LogP contribution in [0.3, 0.4) is 0 Å². The van der Waals surface area contributed by atoms with Crippen LogP contribution in [-0.4, -0.2) is 9.56 Å². The number of nitrogens with zero attached hydrogens (tertiary/aromatic N) is 1. The molecule has 2 fully saturated rings. The van der Waals surface area contributed by atoms with E-state index in [1.54, 1.807) is 19.4 Å². The van der Waals surface area contributed by atoms with Crippen LogP contribution in [0.1, 0.15) is 38.5 Å². The van der Waals surface area contributed by atoms with Crippen molar-refractivity contribution in [3.8, 4) is 0 Å². The summed E-state index contributed by atoms with van der Waals surface area (Å²) in [6.07, 6.45) is 8.25. The van der Waals surface area contributed by atoms with E-state index in [1.165, 1.54) is 42.5 Å². The monoisotopic (exact) mass is 544 g/mol. The van der Waals surface area contributed by atoms with E-state index in [1.807, 2.05) is 0 Å². The molecule has 3 heteroatoms. The van der Waals surface area contributed by atoms with Crippen molar-refractivity contribution in [1.29, 1.82) is 0 Å². The normalized spacial score (nSPS) is 27.5. The molecule has 0 aromatic carbocycles. The molecule has 0 aromatic heterocycles. The Morgan fingerprint density at radius 3 is 2.18 bits per heavy atom. The molecule has 1 saturated heterocycles. The number of piperidine rings is 1. The standard InChI is InChI=1S/C8H12N.U.W/c1-2-7-9-8(4-1)5-3-6-8;;/h1-6H2;;/q-1;;. The Labute approximate surface area is 103 Å². The molecule has 11 heavy (non-hydrogen) atoms. The van der Waals surface area contributed by atoms with Gasteiger partial charge in [-0.15, -0.1) is 0 Å². The Hall–Kier alpha value is 1.57. The maximum atomic E-state index is 4.77. The Balaban J connectivity index is 0.000000605. The Morgan fingerprint density at radius 2 is 1.82 bits per heavy atom. The fraction of sp³-hybridized carbons (Fsp3) is 0.875. The van der Waals surface area contributed by atoms with E-state index < -0.39 is 0 Å². The van der Waals surface area contributed by atoms with Gasteiger partial charge in [0.05, 0.1) is 0 Å². The molecule has 0 unspecified atom stereocenters. The molecule has 1 saturated carbocycles. The topological polar surface area (TPSA) is 14.1 Å². The summed E-state index contributed by atoms with van der Waals surface area (Å²) >= 11 is 1.60. The molecule has 0 radical (unpaired) electrons. The second kappa shape index (κ2) is 4.19. The first-order chi connectivity index (χ1) is 4.81. The van der Waals surface area contributed by atoms with Crippen molar-refractivity contribution in [2.45, 2.75) is 44.1 Å². The van der Waals surface area contributed by atoms with Crippen LogP contribution in [0.2, 0.25) is 0 Å². The molecule has 1 aliphatic heterocycles. The third-order valence-electron chi connectivity index (χ3n) is 2.68. The first-order valence-electron chi connectivity index (χ1n) is 4.07. The molecule has 1 heterocycles. The summed E-state index contributed by atoms with van der Waals surface area (Å²) in [5.74, 6) is 0. The molecule has 1 aliphatic carbocycles. The SMILES string of the molecule is [U].[W]=[C]1CCCC2(CCC2)[N-]1. The molecule has 0 aromatic rings. The van der Waals surface area contributed by atoms with Crippen LogP contribution < -0.4 is 0 Å². The average Bonchev–Trinajstić information content (AvgIpc) is 1.85. The summed E-state index contributed by atoms with van der Waals surface area (Å²) in [6, 6.07) is 0. The summed E-state index contributed by atoms with van der Waals surface area (Å²) in [5, 5.41) is 4.77. The average molecular weight is 544 g/mol. The van der Waals surface area contributed by atoms with Gasteiger partial charge in [0.25, 0.3) is 0 Å². The predicted octanol–water partition coefficient (Wildman–Crippen LogP) is 2.14. The molecule has 2 aliphatic rings. The van der Waals surface area contributed by atoms with Crippen LogP contribution in [0, 0.1) is 31.1 Å². The molecule has 60 valence electrons.